The third kappa shape index (κ3) is 4.94. The first-order chi connectivity index (χ1) is 23.0. The van der Waals surface area contributed by atoms with Crippen molar-refractivity contribution in [1.82, 2.24) is 19.9 Å². The molecule has 48 heavy (non-hydrogen) atoms. The number of benzene rings is 2. The highest BCUT2D eigenvalue weighted by molar-refractivity contribution is 7.98. The fourth-order valence-electron chi connectivity index (χ4n) is 8.88. The van der Waals surface area contributed by atoms with E-state index in [-0.39, 0.29) is 41.8 Å². The smallest absolute Gasteiger partial charge is 0.407 e. The van der Waals surface area contributed by atoms with E-state index in [1.54, 1.807) is 4.90 Å². The van der Waals surface area contributed by atoms with Crippen LogP contribution >= 0.6 is 11.8 Å². The highest BCUT2D eigenvalue weighted by atomic mass is 32.2. The van der Waals surface area contributed by atoms with Crippen molar-refractivity contribution < 1.29 is 19.0 Å². The second kappa shape index (κ2) is 12.2. The van der Waals surface area contributed by atoms with Crippen molar-refractivity contribution in [3.8, 4) is 28.6 Å². The zero-order chi connectivity index (χ0) is 34.1. The lowest BCUT2D eigenvalue weighted by atomic mass is 9.96. The third-order valence-corrected chi connectivity index (χ3v) is 17.9. The van der Waals surface area contributed by atoms with Gasteiger partial charge in [0.1, 0.15) is 37.1 Å². The molecule has 0 aliphatic carbocycles. The predicted molar refractivity (Wildman–Crippen MR) is 193 cm³/mol. The standard InChI is InChI=1S/C37H42FN5O3SSi/c1-20(2)48(21(3)4,22(5)6)17-16-24-11-8-10-23-12-9-13-26(29(23)24)32-31(38)33-30-34(41-36(40-33)47-7)42-18-25-14-15-27(43(25)37(44)45)28(42)19-46-35(30)39-32/h8-13,20-22,25,27-28H,14-15,18-19H2,1-7H3,(H,44,45). The summed E-state index contributed by atoms with van der Waals surface area (Å²) in [5.74, 6) is 3.91. The molecule has 5 heterocycles. The zero-order valence-electron chi connectivity index (χ0n) is 28.5. The van der Waals surface area contributed by atoms with E-state index in [1.807, 2.05) is 42.7 Å². The van der Waals surface area contributed by atoms with Crippen molar-refractivity contribution in [3.63, 3.8) is 0 Å². The van der Waals surface area contributed by atoms with E-state index < -0.39 is 20.0 Å². The molecular weight excluding hydrogens is 642 g/mol. The maximum atomic E-state index is 17.1. The summed E-state index contributed by atoms with van der Waals surface area (Å²) < 4.78 is 23.5. The Labute approximate surface area is 286 Å². The Balaban J connectivity index is 1.44. The lowest BCUT2D eigenvalue weighted by molar-refractivity contribution is 0.0908. The number of pyridine rings is 1. The second-order valence-electron chi connectivity index (χ2n) is 14.2. The van der Waals surface area contributed by atoms with Crippen LogP contribution in [0.5, 0.6) is 5.88 Å². The van der Waals surface area contributed by atoms with Crippen molar-refractivity contribution in [2.75, 3.05) is 24.3 Å². The molecule has 11 heteroatoms. The summed E-state index contributed by atoms with van der Waals surface area (Å²) >= 11 is 1.35. The SMILES string of the molecule is CSc1nc2c3c(nc(-c4cccc5cccc(C#C[Si](C(C)C)(C(C)C)C(C)C)c45)c(F)c3n1)OCC1C3CCC(CN21)N3C(=O)O. The van der Waals surface area contributed by atoms with Crippen LogP contribution in [-0.2, 0) is 0 Å². The van der Waals surface area contributed by atoms with Crippen LogP contribution in [0.15, 0.2) is 41.6 Å². The van der Waals surface area contributed by atoms with Crippen molar-refractivity contribution in [1.29, 1.82) is 0 Å². The van der Waals surface area contributed by atoms with Crippen LogP contribution in [0.25, 0.3) is 32.9 Å². The molecule has 3 unspecified atom stereocenters. The van der Waals surface area contributed by atoms with Gasteiger partial charge in [0.15, 0.2) is 11.0 Å². The molecule has 2 saturated heterocycles. The number of halogens is 1. The van der Waals surface area contributed by atoms with Crippen LogP contribution in [-0.4, -0.2) is 76.7 Å². The Kier molecular flexibility index (Phi) is 8.31. The fraction of sp³-hybridized carbons (Fsp3) is 0.459. The van der Waals surface area contributed by atoms with Gasteiger partial charge >= 0.3 is 6.09 Å². The number of thioether (sulfide) groups is 1. The van der Waals surface area contributed by atoms with Gasteiger partial charge in [-0.15, -0.1) is 5.54 Å². The first kappa shape index (κ1) is 32.7. The largest absolute Gasteiger partial charge is 0.475 e. The number of ether oxygens (including phenoxy) is 1. The molecule has 7 rings (SSSR count). The molecule has 8 nitrogen and oxygen atoms in total. The molecule has 1 N–H and O–H groups in total. The average Bonchev–Trinajstić information content (AvgIpc) is 3.30. The Hall–Kier alpha value is -3.88. The van der Waals surface area contributed by atoms with Gasteiger partial charge in [-0.3, -0.25) is 4.90 Å². The monoisotopic (exact) mass is 683 g/mol. The topological polar surface area (TPSA) is 91.7 Å². The minimum absolute atomic E-state index is 0.155. The van der Waals surface area contributed by atoms with Crippen molar-refractivity contribution in [2.45, 2.75) is 94.3 Å². The van der Waals surface area contributed by atoms with Gasteiger partial charge in [-0.1, -0.05) is 89.6 Å². The van der Waals surface area contributed by atoms with Crippen LogP contribution in [0.2, 0.25) is 16.6 Å². The summed E-state index contributed by atoms with van der Waals surface area (Å²) in [7, 11) is -2.04. The fourth-order valence-corrected chi connectivity index (χ4v) is 14.5. The molecule has 2 fully saturated rings. The molecule has 4 aromatic rings. The number of carboxylic acid groups (broad SMARTS) is 1. The Bertz CT molecular complexity index is 1980. The van der Waals surface area contributed by atoms with E-state index >= 15 is 4.39 Å². The van der Waals surface area contributed by atoms with Crippen LogP contribution in [0.3, 0.4) is 0 Å². The van der Waals surface area contributed by atoms with Crippen LogP contribution in [0.4, 0.5) is 15.0 Å². The second-order valence-corrected chi connectivity index (χ2v) is 20.6. The predicted octanol–water partition coefficient (Wildman–Crippen LogP) is 8.37. The molecule has 3 atom stereocenters. The number of aromatic nitrogens is 3. The molecule has 3 aliphatic heterocycles. The van der Waals surface area contributed by atoms with Gasteiger partial charge in [0.2, 0.25) is 5.88 Å². The van der Waals surface area contributed by atoms with Crippen LogP contribution in [0.1, 0.15) is 59.9 Å². The van der Waals surface area contributed by atoms with Gasteiger partial charge < -0.3 is 14.7 Å². The van der Waals surface area contributed by atoms with E-state index in [1.165, 1.54) is 11.8 Å². The van der Waals surface area contributed by atoms with Gasteiger partial charge in [-0.2, -0.15) is 0 Å². The highest BCUT2D eigenvalue weighted by Crippen LogP contribution is 2.46. The number of anilines is 1. The van der Waals surface area contributed by atoms with Gasteiger partial charge in [-0.25, -0.2) is 24.1 Å². The Morgan fingerprint density at radius 2 is 1.71 bits per heavy atom. The normalized spacial score (nSPS) is 20.3. The maximum Gasteiger partial charge on any atom is 0.407 e. The molecule has 0 spiro atoms. The lowest BCUT2D eigenvalue weighted by Crippen LogP contribution is -2.62. The summed E-state index contributed by atoms with van der Waals surface area (Å²) in [6.45, 7) is 14.5. The average molecular weight is 684 g/mol. The van der Waals surface area contributed by atoms with Crippen LogP contribution < -0.4 is 9.64 Å². The van der Waals surface area contributed by atoms with Gasteiger partial charge in [0.25, 0.3) is 0 Å². The van der Waals surface area contributed by atoms with Crippen molar-refractivity contribution in [3.05, 3.63) is 47.8 Å². The summed E-state index contributed by atoms with van der Waals surface area (Å²) in [4.78, 5) is 30.4. The van der Waals surface area contributed by atoms with Crippen LogP contribution in [0, 0.1) is 17.3 Å². The Morgan fingerprint density at radius 1 is 1.00 bits per heavy atom. The minimum atomic E-state index is -2.04. The molecular formula is C37H42FN5O3SSi. The molecule has 2 bridgehead atoms. The number of rotatable bonds is 5. The third-order valence-electron chi connectivity index (χ3n) is 11.0. The summed E-state index contributed by atoms with van der Waals surface area (Å²) in [5, 5.41) is 12.7. The first-order valence-electron chi connectivity index (χ1n) is 16.9. The number of hydrogen-bond donors (Lipinski definition) is 1. The number of piperazine rings is 1. The maximum absolute atomic E-state index is 17.1. The molecule has 3 aliphatic rings. The lowest BCUT2D eigenvalue weighted by Gasteiger charge is -2.45. The number of hydrogen-bond acceptors (Lipinski definition) is 7. The quantitative estimate of drug-likeness (QED) is 0.0972. The van der Waals surface area contributed by atoms with E-state index in [0.29, 0.717) is 45.1 Å². The van der Waals surface area contributed by atoms with E-state index in [2.05, 4.69) is 57.9 Å². The highest BCUT2D eigenvalue weighted by Gasteiger charge is 2.51. The Morgan fingerprint density at radius 3 is 2.38 bits per heavy atom. The molecule has 0 radical (unpaired) electrons. The summed E-state index contributed by atoms with van der Waals surface area (Å²) in [6, 6.07) is 11.2. The van der Waals surface area contributed by atoms with Gasteiger partial charge in [0, 0.05) is 23.1 Å². The number of carbonyl (C=O) groups is 1. The van der Waals surface area contributed by atoms with Gasteiger partial charge in [-0.05, 0) is 47.2 Å². The number of amides is 1. The summed E-state index contributed by atoms with van der Waals surface area (Å²) in [6.07, 6.45) is 2.46. The van der Waals surface area contributed by atoms with Crippen molar-refractivity contribution in [2.24, 2.45) is 0 Å². The first-order valence-corrected chi connectivity index (χ1v) is 20.3. The van der Waals surface area contributed by atoms with E-state index in [0.717, 1.165) is 29.2 Å². The number of fused-ring (bicyclic) bond motifs is 6. The molecule has 2 aromatic carbocycles. The molecule has 1 amide bonds. The molecule has 2 aromatic heterocycles. The van der Waals surface area contributed by atoms with E-state index in [9.17, 15) is 9.90 Å². The van der Waals surface area contributed by atoms with E-state index in [4.69, 9.17) is 19.7 Å². The molecule has 250 valence electrons. The molecule has 0 saturated carbocycles. The zero-order valence-corrected chi connectivity index (χ0v) is 30.4. The van der Waals surface area contributed by atoms with Gasteiger partial charge in [0.05, 0.1) is 18.1 Å². The number of nitrogens with zero attached hydrogens (tertiary/aromatic N) is 5. The van der Waals surface area contributed by atoms with Crippen molar-refractivity contribution >= 4 is 53.4 Å². The summed E-state index contributed by atoms with van der Waals surface area (Å²) in [5.41, 5.74) is 7.08. The minimum Gasteiger partial charge on any atom is -0.475 e.